The number of carbonyl (C=O) groups is 2. The third-order valence-electron chi connectivity index (χ3n) is 6.26. The number of amides is 1. The monoisotopic (exact) mass is 600 g/mol. The molecule has 4 aromatic rings. The average molecular weight is 601 g/mol. The zero-order valence-corrected chi connectivity index (χ0v) is 22.3. The Hall–Kier alpha value is -3.92. The molecule has 1 atom stereocenters. The molecule has 1 aromatic heterocycles. The molecule has 1 amide bonds. The average Bonchev–Trinajstić information content (AvgIpc) is 2.88. The maximum Gasteiger partial charge on any atom is 0.573 e. The summed E-state index contributed by atoms with van der Waals surface area (Å²) in [7, 11) is 0. The number of benzene rings is 3. The number of ether oxygens (including phenoxy) is 1. The van der Waals surface area contributed by atoms with E-state index in [2.05, 4.69) is 26.0 Å². The molecule has 10 heteroatoms. The summed E-state index contributed by atoms with van der Waals surface area (Å²) >= 11 is 3.44. The van der Waals surface area contributed by atoms with E-state index in [-0.39, 0.29) is 24.9 Å². The van der Waals surface area contributed by atoms with Crippen molar-refractivity contribution < 1.29 is 32.6 Å². The van der Waals surface area contributed by atoms with Crippen LogP contribution >= 0.6 is 15.9 Å². The minimum absolute atomic E-state index is 0.00919. The Balaban J connectivity index is 1.71. The van der Waals surface area contributed by atoms with Crippen LogP contribution in [-0.2, 0) is 4.79 Å². The number of hydrogen-bond donors (Lipinski definition) is 2. The van der Waals surface area contributed by atoms with Crippen molar-refractivity contribution >= 4 is 38.7 Å². The van der Waals surface area contributed by atoms with Gasteiger partial charge in [-0.3, -0.25) is 9.59 Å². The molecule has 6 nitrogen and oxygen atoms in total. The molecule has 39 heavy (non-hydrogen) atoms. The summed E-state index contributed by atoms with van der Waals surface area (Å²) < 4.78 is 44.1. The largest absolute Gasteiger partial charge is 0.573 e. The molecular formula is C29H24BrF3N2O4. The second-order valence-corrected chi connectivity index (χ2v) is 9.83. The van der Waals surface area contributed by atoms with Gasteiger partial charge in [-0.1, -0.05) is 64.5 Å². The Bertz CT molecular complexity index is 1510. The van der Waals surface area contributed by atoms with Crippen LogP contribution in [0, 0.1) is 6.92 Å². The van der Waals surface area contributed by atoms with Crippen molar-refractivity contribution in [2.45, 2.75) is 32.0 Å². The lowest BCUT2D eigenvalue weighted by Crippen LogP contribution is -2.30. The number of nitrogens with one attached hydrogen (secondary N) is 1. The quantitative estimate of drug-likeness (QED) is 0.211. The number of aliphatic carboxylic acids is 1. The van der Waals surface area contributed by atoms with Gasteiger partial charge in [0, 0.05) is 34.3 Å². The van der Waals surface area contributed by atoms with E-state index < -0.39 is 29.9 Å². The Morgan fingerprint density at radius 3 is 2.44 bits per heavy atom. The van der Waals surface area contributed by atoms with E-state index in [1.54, 1.807) is 25.1 Å². The maximum absolute atomic E-state index is 13.7. The minimum Gasteiger partial charge on any atom is -0.481 e. The van der Waals surface area contributed by atoms with Gasteiger partial charge < -0.3 is 15.2 Å². The predicted octanol–water partition coefficient (Wildman–Crippen LogP) is 7.25. The number of rotatable bonds is 9. The molecule has 0 radical (unpaired) electrons. The highest BCUT2D eigenvalue weighted by molar-refractivity contribution is 9.10. The van der Waals surface area contributed by atoms with Crippen LogP contribution < -0.4 is 10.1 Å². The minimum atomic E-state index is -4.93. The third kappa shape index (κ3) is 6.94. The second-order valence-electron chi connectivity index (χ2n) is 8.91. The molecule has 0 bridgehead atoms. The molecule has 0 aliphatic heterocycles. The van der Waals surface area contributed by atoms with Crippen molar-refractivity contribution in [1.29, 1.82) is 0 Å². The first-order chi connectivity index (χ1) is 18.5. The number of carboxylic acid groups (broad SMARTS) is 1. The molecule has 202 valence electrons. The van der Waals surface area contributed by atoms with Crippen molar-refractivity contribution in [1.82, 2.24) is 10.3 Å². The summed E-state index contributed by atoms with van der Waals surface area (Å²) in [5.74, 6) is -2.74. The Labute approximate surface area is 231 Å². The highest BCUT2D eigenvalue weighted by Gasteiger charge is 2.33. The number of pyridine rings is 1. The maximum atomic E-state index is 13.7. The number of alkyl halides is 3. The van der Waals surface area contributed by atoms with Gasteiger partial charge in [0.25, 0.3) is 5.91 Å². The summed E-state index contributed by atoms with van der Waals surface area (Å²) in [5.41, 5.74) is 3.21. The van der Waals surface area contributed by atoms with Gasteiger partial charge >= 0.3 is 12.3 Å². The van der Waals surface area contributed by atoms with E-state index in [1.165, 1.54) is 18.2 Å². The molecule has 0 spiro atoms. The molecule has 3 aromatic carbocycles. The fourth-order valence-electron chi connectivity index (χ4n) is 4.51. The number of nitrogens with zero attached hydrogens (tertiary/aromatic N) is 1. The SMILES string of the molecule is Cc1c(-c2ccccc2)nc2ccc(Br)cc2c1C(=O)NC[C@@H](CCC(=O)O)c1ccccc1OC(F)(F)F. The summed E-state index contributed by atoms with van der Waals surface area (Å²) in [6, 6.07) is 20.3. The lowest BCUT2D eigenvalue weighted by atomic mass is 9.92. The van der Waals surface area contributed by atoms with E-state index in [0.717, 1.165) is 10.0 Å². The van der Waals surface area contributed by atoms with Crippen LogP contribution in [0.3, 0.4) is 0 Å². The van der Waals surface area contributed by atoms with Crippen LogP contribution in [0.2, 0.25) is 0 Å². The summed E-state index contributed by atoms with van der Waals surface area (Å²) in [5, 5.41) is 12.7. The highest BCUT2D eigenvalue weighted by atomic mass is 79.9. The topological polar surface area (TPSA) is 88.5 Å². The molecular weight excluding hydrogens is 577 g/mol. The molecule has 4 rings (SSSR count). The van der Waals surface area contributed by atoms with E-state index in [4.69, 9.17) is 4.98 Å². The summed E-state index contributed by atoms with van der Waals surface area (Å²) in [6.07, 6.45) is -5.24. The van der Waals surface area contributed by atoms with Gasteiger partial charge in [-0.05, 0) is 48.7 Å². The fourth-order valence-corrected chi connectivity index (χ4v) is 4.87. The number of carbonyl (C=O) groups excluding carboxylic acids is 1. The number of para-hydroxylation sites is 1. The van der Waals surface area contributed by atoms with Crippen molar-refractivity contribution in [3.8, 4) is 17.0 Å². The number of aromatic nitrogens is 1. The van der Waals surface area contributed by atoms with Crippen LogP contribution in [0.4, 0.5) is 13.2 Å². The van der Waals surface area contributed by atoms with Gasteiger partial charge in [-0.15, -0.1) is 13.2 Å². The standard InChI is InChI=1S/C29H24BrF3N2O4/c1-17-26(22-15-20(30)12-13-23(22)35-27(17)18-7-3-2-4-8-18)28(38)34-16-19(11-14-25(36)37)21-9-5-6-10-24(21)39-29(31,32)33/h2-10,12-13,15,19H,11,14,16H2,1H3,(H,34,38)(H,36,37)/t19-/m1/s1. The van der Waals surface area contributed by atoms with Crippen molar-refractivity contribution in [3.05, 3.63) is 94.0 Å². The molecule has 0 aliphatic carbocycles. The lowest BCUT2D eigenvalue weighted by molar-refractivity contribution is -0.275. The molecule has 0 saturated heterocycles. The van der Waals surface area contributed by atoms with E-state index in [1.807, 2.05) is 36.4 Å². The van der Waals surface area contributed by atoms with Crippen molar-refractivity contribution in [3.63, 3.8) is 0 Å². The van der Waals surface area contributed by atoms with Gasteiger partial charge in [0.1, 0.15) is 5.75 Å². The Kier molecular flexibility index (Phi) is 8.54. The lowest BCUT2D eigenvalue weighted by Gasteiger charge is -2.22. The van der Waals surface area contributed by atoms with Crippen LogP contribution in [0.25, 0.3) is 22.2 Å². The fraction of sp³-hybridized carbons (Fsp3) is 0.207. The Morgan fingerprint density at radius 2 is 1.74 bits per heavy atom. The number of carboxylic acids is 1. The molecule has 0 saturated carbocycles. The molecule has 1 heterocycles. The first-order valence-corrected chi connectivity index (χ1v) is 12.8. The molecule has 0 fully saturated rings. The van der Waals surface area contributed by atoms with Crippen LogP contribution in [0.5, 0.6) is 5.75 Å². The predicted molar refractivity (Wildman–Crippen MR) is 145 cm³/mol. The molecule has 0 aliphatic rings. The van der Waals surface area contributed by atoms with Gasteiger partial charge in [-0.25, -0.2) is 4.98 Å². The van der Waals surface area contributed by atoms with Gasteiger partial charge in [0.2, 0.25) is 0 Å². The van der Waals surface area contributed by atoms with E-state index in [0.29, 0.717) is 27.7 Å². The van der Waals surface area contributed by atoms with Crippen molar-refractivity contribution in [2.75, 3.05) is 6.54 Å². The van der Waals surface area contributed by atoms with Crippen LogP contribution in [-0.4, -0.2) is 34.9 Å². The van der Waals surface area contributed by atoms with Gasteiger partial charge in [0.15, 0.2) is 0 Å². The van der Waals surface area contributed by atoms with Gasteiger partial charge in [0.05, 0.1) is 16.8 Å². The second kappa shape index (κ2) is 11.9. The van der Waals surface area contributed by atoms with Gasteiger partial charge in [-0.2, -0.15) is 0 Å². The zero-order chi connectivity index (χ0) is 28.2. The smallest absolute Gasteiger partial charge is 0.481 e. The Morgan fingerprint density at radius 1 is 1.05 bits per heavy atom. The number of fused-ring (bicyclic) bond motifs is 1. The van der Waals surface area contributed by atoms with Crippen LogP contribution in [0.1, 0.15) is 40.2 Å². The molecule has 0 unspecified atom stereocenters. The first-order valence-electron chi connectivity index (χ1n) is 12.0. The number of halogens is 4. The van der Waals surface area contributed by atoms with Crippen molar-refractivity contribution in [2.24, 2.45) is 0 Å². The normalized spacial score (nSPS) is 12.2. The molecule has 2 N–H and O–H groups in total. The highest BCUT2D eigenvalue weighted by Crippen LogP contribution is 2.34. The summed E-state index contributed by atoms with van der Waals surface area (Å²) in [6.45, 7) is 1.68. The first kappa shape index (κ1) is 28.1. The zero-order valence-electron chi connectivity index (χ0n) is 20.8. The third-order valence-corrected chi connectivity index (χ3v) is 6.76. The van der Waals surface area contributed by atoms with Crippen LogP contribution in [0.15, 0.2) is 77.3 Å². The van der Waals surface area contributed by atoms with E-state index >= 15 is 0 Å². The number of hydrogen-bond acceptors (Lipinski definition) is 4. The van der Waals surface area contributed by atoms with E-state index in [9.17, 15) is 27.9 Å². The summed E-state index contributed by atoms with van der Waals surface area (Å²) in [4.78, 5) is 29.8.